The summed E-state index contributed by atoms with van der Waals surface area (Å²) in [5.41, 5.74) is 2.89. The maximum atomic E-state index is 12.6. The van der Waals surface area contributed by atoms with Gasteiger partial charge in [0.25, 0.3) is 5.91 Å². The number of ether oxygens (including phenoxy) is 1. The second kappa shape index (κ2) is 7.00. The van der Waals surface area contributed by atoms with Crippen LogP contribution in [0.5, 0.6) is 5.75 Å². The zero-order valence-corrected chi connectivity index (χ0v) is 13.7. The molecule has 1 aromatic heterocycles. The molecule has 5 nitrogen and oxygen atoms in total. The van der Waals surface area contributed by atoms with Gasteiger partial charge in [0.1, 0.15) is 5.75 Å². The molecule has 0 atom stereocenters. The van der Waals surface area contributed by atoms with Crippen LogP contribution in [0.25, 0.3) is 5.69 Å². The van der Waals surface area contributed by atoms with Gasteiger partial charge in [0.2, 0.25) is 0 Å². The number of hydrogen-bond acceptors (Lipinski definition) is 3. The van der Waals surface area contributed by atoms with Crippen LogP contribution < -0.4 is 10.1 Å². The first kappa shape index (κ1) is 15.8. The molecule has 1 N–H and O–H groups in total. The first-order chi connectivity index (χ1) is 11.7. The lowest BCUT2D eigenvalue weighted by molar-refractivity contribution is 0.102. The maximum absolute atomic E-state index is 12.6. The van der Waals surface area contributed by atoms with Crippen molar-refractivity contribution in [3.8, 4) is 11.4 Å². The van der Waals surface area contributed by atoms with Crippen LogP contribution in [0.1, 0.15) is 23.0 Å². The molecule has 0 aliphatic carbocycles. The van der Waals surface area contributed by atoms with Crippen molar-refractivity contribution in [2.24, 2.45) is 0 Å². The van der Waals surface area contributed by atoms with Crippen molar-refractivity contribution < 1.29 is 9.53 Å². The van der Waals surface area contributed by atoms with Crippen LogP contribution >= 0.6 is 0 Å². The van der Waals surface area contributed by atoms with Crippen LogP contribution in [0.15, 0.2) is 60.8 Å². The third-order valence-electron chi connectivity index (χ3n) is 3.69. The molecule has 0 saturated carbocycles. The van der Waals surface area contributed by atoms with Gasteiger partial charge in [0, 0.05) is 0 Å². The second-order valence-electron chi connectivity index (χ2n) is 5.27. The van der Waals surface area contributed by atoms with E-state index < -0.39 is 0 Å². The highest BCUT2D eigenvalue weighted by molar-refractivity contribution is 6.05. The fourth-order valence-electron chi connectivity index (χ4n) is 2.50. The quantitative estimate of drug-likeness (QED) is 0.777. The first-order valence-corrected chi connectivity index (χ1v) is 7.84. The molecule has 1 heterocycles. The highest BCUT2D eigenvalue weighted by atomic mass is 16.5. The molecule has 0 spiro atoms. The number of para-hydroxylation sites is 3. The van der Waals surface area contributed by atoms with Gasteiger partial charge in [-0.15, -0.1) is 0 Å². The maximum Gasteiger partial charge on any atom is 0.259 e. The van der Waals surface area contributed by atoms with Crippen molar-refractivity contribution in [3.63, 3.8) is 0 Å². The molecule has 1 amide bonds. The van der Waals surface area contributed by atoms with Crippen molar-refractivity contribution in [2.45, 2.75) is 13.8 Å². The minimum Gasteiger partial charge on any atom is -0.492 e. The van der Waals surface area contributed by atoms with Crippen molar-refractivity contribution in [1.82, 2.24) is 9.78 Å². The molecule has 0 radical (unpaired) electrons. The SMILES string of the molecule is CCOc1ccccc1NC(=O)c1cnn(-c2ccccc2)c1C. The summed E-state index contributed by atoms with van der Waals surface area (Å²) in [6.45, 7) is 4.33. The molecular weight excluding hydrogens is 302 g/mol. The molecule has 0 aliphatic heterocycles. The molecular formula is C19H19N3O2. The number of rotatable bonds is 5. The minimum atomic E-state index is -0.207. The van der Waals surface area contributed by atoms with Crippen LogP contribution in [-0.4, -0.2) is 22.3 Å². The molecule has 3 aromatic rings. The number of carbonyl (C=O) groups is 1. The Morgan fingerprint density at radius 1 is 1.12 bits per heavy atom. The predicted octanol–water partition coefficient (Wildman–Crippen LogP) is 3.83. The fraction of sp³-hybridized carbons (Fsp3) is 0.158. The topological polar surface area (TPSA) is 56.1 Å². The summed E-state index contributed by atoms with van der Waals surface area (Å²) in [7, 11) is 0. The van der Waals surface area contributed by atoms with E-state index in [4.69, 9.17) is 4.74 Å². The van der Waals surface area contributed by atoms with E-state index in [0.717, 1.165) is 11.4 Å². The monoisotopic (exact) mass is 321 g/mol. The van der Waals surface area contributed by atoms with Crippen LogP contribution in [0.2, 0.25) is 0 Å². The summed E-state index contributed by atoms with van der Waals surface area (Å²) < 4.78 is 7.30. The first-order valence-electron chi connectivity index (χ1n) is 7.84. The third kappa shape index (κ3) is 3.15. The van der Waals surface area contributed by atoms with E-state index in [0.29, 0.717) is 23.6 Å². The molecule has 0 fully saturated rings. The van der Waals surface area contributed by atoms with E-state index >= 15 is 0 Å². The third-order valence-corrected chi connectivity index (χ3v) is 3.69. The predicted molar refractivity (Wildman–Crippen MR) is 93.9 cm³/mol. The Kier molecular flexibility index (Phi) is 4.61. The van der Waals surface area contributed by atoms with E-state index in [1.165, 1.54) is 0 Å². The Bertz CT molecular complexity index is 841. The summed E-state index contributed by atoms with van der Waals surface area (Å²) in [6.07, 6.45) is 1.58. The molecule has 122 valence electrons. The second-order valence-corrected chi connectivity index (χ2v) is 5.27. The van der Waals surface area contributed by atoms with Gasteiger partial charge in [-0.2, -0.15) is 5.10 Å². The largest absolute Gasteiger partial charge is 0.492 e. The number of amides is 1. The van der Waals surface area contributed by atoms with Crippen molar-refractivity contribution in [1.29, 1.82) is 0 Å². The summed E-state index contributed by atoms with van der Waals surface area (Å²) in [5, 5.41) is 7.23. The average molecular weight is 321 g/mol. The standard InChI is InChI=1S/C19H19N3O2/c1-3-24-18-12-8-7-11-17(18)21-19(23)16-13-20-22(14(16)2)15-9-5-4-6-10-15/h4-13H,3H2,1-2H3,(H,21,23). The number of nitrogens with one attached hydrogen (secondary N) is 1. The lowest BCUT2D eigenvalue weighted by Crippen LogP contribution is -2.14. The molecule has 5 heteroatoms. The normalized spacial score (nSPS) is 10.4. The Balaban J connectivity index is 1.86. The van der Waals surface area contributed by atoms with Crippen molar-refractivity contribution >= 4 is 11.6 Å². The van der Waals surface area contributed by atoms with E-state index in [1.807, 2.05) is 68.4 Å². The molecule has 0 aliphatic rings. The molecule has 0 unspecified atom stereocenters. The van der Waals surface area contributed by atoms with E-state index in [9.17, 15) is 4.79 Å². The number of aromatic nitrogens is 2. The Morgan fingerprint density at radius 2 is 1.83 bits per heavy atom. The number of anilines is 1. The number of carbonyl (C=O) groups excluding carboxylic acids is 1. The Morgan fingerprint density at radius 3 is 2.58 bits per heavy atom. The highest BCUT2D eigenvalue weighted by Gasteiger charge is 2.16. The summed E-state index contributed by atoms with van der Waals surface area (Å²) in [5.74, 6) is 0.447. The van der Waals surface area contributed by atoms with E-state index in [2.05, 4.69) is 10.4 Å². The van der Waals surface area contributed by atoms with E-state index in [-0.39, 0.29) is 5.91 Å². The fourth-order valence-corrected chi connectivity index (χ4v) is 2.50. The lowest BCUT2D eigenvalue weighted by Gasteiger charge is -2.11. The zero-order valence-electron chi connectivity index (χ0n) is 13.7. The molecule has 0 bridgehead atoms. The number of hydrogen-bond donors (Lipinski definition) is 1. The number of nitrogens with zero attached hydrogens (tertiary/aromatic N) is 2. The Labute approximate surface area is 140 Å². The van der Waals surface area contributed by atoms with Gasteiger partial charge < -0.3 is 10.1 Å². The number of benzene rings is 2. The molecule has 0 saturated heterocycles. The van der Waals surface area contributed by atoms with Gasteiger partial charge in [-0.25, -0.2) is 4.68 Å². The minimum absolute atomic E-state index is 0.207. The van der Waals surface area contributed by atoms with Crippen LogP contribution in [-0.2, 0) is 0 Å². The lowest BCUT2D eigenvalue weighted by atomic mass is 10.2. The van der Waals surface area contributed by atoms with Gasteiger partial charge in [-0.05, 0) is 38.1 Å². The van der Waals surface area contributed by atoms with Crippen LogP contribution in [0.3, 0.4) is 0 Å². The highest BCUT2D eigenvalue weighted by Crippen LogP contribution is 2.25. The summed E-state index contributed by atoms with van der Waals surface area (Å²) in [6, 6.07) is 17.1. The van der Waals surface area contributed by atoms with Crippen LogP contribution in [0.4, 0.5) is 5.69 Å². The van der Waals surface area contributed by atoms with Crippen molar-refractivity contribution in [3.05, 3.63) is 72.1 Å². The van der Waals surface area contributed by atoms with Gasteiger partial charge in [0.15, 0.2) is 0 Å². The molecule has 24 heavy (non-hydrogen) atoms. The molecule has 3 rings (SSSR count). The Hall–Kier alpha value is -3.08. The molecule has 2 aromatic carbocycles. The summed E-state index contributed by atoms with van der Waals surface area (Å²) >= 11 is 0. The summed E-state index contributed by atoms with van der Waals surface area (Å²) in [4.78, 5) is 12.6. The van der Waals surface area contributed by atoms with Gasteiger partial charge in [-0.1, -0.05) is 30.3 Å². The van der Waals surface area contributed by atoms with Gasteiger partial charge in [-0.3, -0.25) is 4.79 Å². The van der Waals surface area contributed by atoms with E-state index in [1.54, 1.807) is 10.9 Å². The zero-order chi connectivity index (χ0) is 16.9. The smallest absolute Gasteiger partial charge is 0.259 e. The van der Waals surface area contributed by atoms with Gasteiger partial charge >= 0.3 is 0 Å². The van der Waals surface area contributed by atoms with Gasteiger partial charge in [0.05, 0.1) is 35.4 Å². The van der Waals surface area contributed by atoms with Crippen LogP contribution in [0, 0.1) is 6.92 Å². The average Bonchev–Trinajstić information content (AvgIpc) is 2.99. The van der Waals surface area contributed by atoms with Crippen molar-refractivity contribution in [2.75, 3.05) is 11.9 Å².